The van der Waals surface area contributed by atoms with Crippen LogP contribution in [-0.2, 0) is 4.79 Å². The second kappa shape index (κ2) is 12.9. The van der Waals surface area contributed by atoms with E-state index in [0.29, 0.717) is 50.5 Å². The maximum absolute atomic E-state index is 14.1. The number of halogens is 5. The molecule has 4 rings (SSSR count). The molecule has 0 aromatic heterocycles. The zero-order valence-corrected chi connectivity index (χ0v) is 22.3. The monoisotopic (exact) mass is 555 g/mol. The highest BCUT2D eigenvalue weighted by atomic mass is 35.5. The maximum Gasteiger partial charge on any atom is 0.229 e. The van der Waals surface area contributed by atoms with Crippen LogP contribution in [-0.4, -0.2) is 59.1 Å². The van der Waals surface area contributed by atoms with Crippen LogP contribution in [0, 0.1) is 17.8 Å². The first-order valence-corrected chi connectivity index (χ1v) is 14.4. The van der Waals surface area contributed by atoms with Crippen LogP contribution in [0.25, 0.3) is 0 Å². The molecule has 200 valence electrons. The van der Waals surface area contributed by atoms with Crippen molar-refractivity contribution in [3.05, 3.63) is 0 Å². The Bertz CT molecular complexity index is 750. The quantitative estimate of drug-likeness (QED) is 0.228. The maximum atomic E-state index is 14.1. The number of amides is 1. The lowest BCUT2D eigenvalue weighted by molar-refractivity contribution is -0.125. The van der Waals surface area contributed by atoms with E-state index < -0.39 is 23.6 Å². The predicted octanol–water partition coefficient (Wildman–Crippen LogP) is 4.53. The third-order valence-corrected chi connectivity index (χ3v) is 9.52. The van der Waals surface area contributed by atoms with E-state index >= 15 is 0 Å². The number of hydrogen-bond acceptors (Lipinski definition) is 4. The van der Waals surface area contributed by atoms with Crippen LogP contribution >= 0.6 is 34.8 Å². The van der Waals surface area contributed by atoms with Crippen molar-refractivity contribution in [2.24, 2.45) is 22.7 Å². The average molecular weight is 557 g/mol. The molecule has 3 saturated carbocycles. The van der Waals surface area contributed by atoms with E-state index in [1.165, 1.54) is 0 Å². The van der Waals surface area contributed by atoms with Gasteiger partial charge in [0.05, 0.1) is 11.5 Å². The Morgan fingerprint density at radius 2 is 1.74 bits per heavy atom. The molecule has 3 aliphatic carbocycles. The van der Waals surface area contributed by atoms with Gasteiger partial charge in [0, 0.05) is 29.3 Å². The molecule has 4 fully saturated rings. The molecular weight excluding hydrogens is 519 g/mol. The van der Waals surface area contributed by atoms with Crippen molar-refractivity contribution >= 4 is 46.7 Å². The molecule has 1 saturated heterocycles. The van der Waals surface area contributed by atoms with Crippen molar-refractivity contribution < 1.29 is 13.6 Å². The number of hydrazine groups is 1. The highest BCUT2D eigenvalue weighted by Gasteiger charge is 2.36. The summed E-state index contributed by atoms with van der Waals surface area (Å²) in [4.78, 5) is 17.6. The van der Waals surface area contributed by atoms with E-state index in [9.17, 15) is 13.6 Å². The van der Waals surface area contributed by atoms with Crippen LogP contribution in [0.5, 0.6) is 0 Å². The Kier molecular flexibility index (Phi) is 10.2. The van der Waals surface area contributed by atoms with Gasteiger partial charge in [0.1, 0.15) is 12.3 Å². The van der Waals surface area contributed by atoms with Crippen molar-refractivity contribution in [3.8, 4) is 0 Å². The molecule has 1 amide bonds. The van der Waals surface area contributed by atoms with Gasteiger partial charge < -0.3 is 5.32 Å². The first kappa shape index (κ1) is 27.6. The minimum atomic E-state index is -1.19. The number of carbonyl (C=O) groups is 1. The molecule has 1 heterocycles. The summed E-state index contributed by atoms with van der Waals surface area (Å²) in [6.07, 6.45) is 5.59. The average Bonchev–Trinajstić information content (AvgIpc) is 3.28. The van der Waals surface area contributed by atoms with Gasteiger partial charge in [0.25, 0.3) is 0 Å². The van der Waals surface area contributed by atoms with E-state index in [1.54, 1.807) is 0 Å². The van der Waals surface area contributed by atoms with Gasteiger partial charge in [-0.1, -0.05) is 6.42 Å². The topological polar surface area (TPSA) is 77.5 Å². The lowest BCUT2D eigenvalue weighted by Gasteiger charge is -2.30. The molecule has 11 heteroatoms. The largest absolute Gasteiger partial charge is 0.339 e. The van der Waals surface area contributed by atoms with Gasteiger partial charge in [-0.15, -0.1) is 34.8 Å². The van der Waals surface area contributed by atoms with E-state index in [2.05, 4.69) is 26.5 Å². The summed E-state index contributed by atoms with van der Waals surface area (Å²) in [6, 6.07) is 0.282. The first-order valence-electron chi connectivity index (χ1n) is 13.1. The first-order chi connectivity index (χ1) is 16.8. The van der Waals surface area contributed by atoms with Crippen LogP contribution < -0.4 is 21.5 Å². The smallest absolute Gasteiger partial charge is 0.229 e. The zero-order valence-electron chi connectivity index (χ0n) is 20.0. The summed E-state index contributed by atoms with van der Waals surface area (Å²) in [7, 11) is 0. The standard InChI is InChI=1S/C24H38Cl3F2N5O/c25-16-3-1-2-13(8-16)21-11-22(34-33-21)31-24(30-12-15-4-6-17(28)10-19(15)27)32-23(35)14-5-7-18(26)20(29)9-14/h13-22,33-34H,1-12H2,(H2,30,31,32,35). The number of nitrogens with one attached hydrogen (secondary N) is 4. The molecular formula is C24H38Cl3F2N5O. The van der Waals surface area contributed by atoms with E-state index in [0.717, 1.165) is 32.1 Å². The second-order valence-corrected chi connectivity index (χ2v) is 12.5. The molecule has 10 atom stereocenters. The normalized spacial score (nSPS) is 43.1. The molecule has 0 aromatic rings. The molecule has 4 aliphatic rings. The van der Waals surface area contributed by atoms with Gasteiger partial charge in [-0.3, -0.25) is 20.5 Å². The van der Waals surface area contributed by atoms with Crippen LogP contribution in [0.15, 0.2) is 4.99 Å². The van der Waals surface area contributed by atoms with Crippen molar-refractivity contribution in [3.63, 3.8) is 0 Å². The predicted molar refractivity (Wildman–Crippen MR) is 137 cm³/mol. The van der Waals surface area contributed by atoms with Gasteiger partial charge in [-0.2, -0.15) is 0 Å². The van der Waals surface area contributed by atoms with Crippen LogP contribution in [0.1, 0.15) is 70.6 Å². The number of carbonyl (C=O) groups excluding carboxylic acids is 1. The number of nitrogens with zero attached hydrogens (tertiary/aromatic N) is 1. The molecule has 0 radical (unpaired) electrons. The van der Waals surface area contributed by atoms with E-state index in [1.807, 2.05) is 0 Å². The number of alkyl halides is 5. The lowest BCUT2D eigenvalue weighted by atomic mass is 9.83. The van der Waals surface area contributed by atoms with Crippen molar-refractivity contribution in [2.75, 3.05) is 6.54 Å². The second-order valence-electron chi connectivity index (χ2n) is 10.8. The number of aliphatic imine (C=N–C) groups is 1. The third-order valence-electron chi connectivity index (χ3n) is 8.10. The van der Waals surface area contributed by atoms with Crippen LogP contribution in [0.2, 0.25) is 0 Å². The Hall–Kier alpha value is -0.410. The third kappa shape index (κ3) is 7.79. The van der Waals surface area contributed by atoms with Gasteiger partial charge in [-0.25, -0.2) is 14.2 Å². The fourth-order valence-corrected chi connectivity index (χ4v) is 6.89. The van der Waals surface area contributed by atoms with E-state index in [-0.39, 0.29) is 41.2 Å². The van der Waals surface area contributed by atoms with Crippen molar-refractivity contribution in [1.29, 1.82) is 0 Å². The zero-order chi connectivity index (χ0) is 24.9. The minimum Gasteiger partial charge on any atom is -0.339 e. The Morgan fingerprint density at radius 3 is 2.49 bits per heavy atom. The summed E-state index contributed by atoms with van der Waals surface area (Å²) in [6.45, 7) is 0.393. The van der Waals surface area contributed by atoms with Crippen LogP contribution in [0.3, 0.4) is 0 Å². The molecule has 35 heavy (non-hydrogen) atoms. The fourth-order valence-electron chi connectivity index (χ4n) is 5.88. The van der Waals surface area contributed by atoms with Gasteiger partial charge in [0.2, 0.25) is 5.91 Å². The molecule has 10 unspecified atom stereocenters. The molecule has 1 aliphatic heterocycles. The SMILES string of the molecule is O=C(NC(=NCC1CCC(F)CC1Cl)NC1CC(C2CCCC(Cl)C2)NN1)C1CCC(Cl)C(F)C1. The Labute approximate surface area is 222 Å². The summed E-state index contributed by atoms with van der Waals surface area (Å²) >= 11 is 18.8. The van der Waals surface area contributed by atoms with Crippen molar-refractivity contribution in [1.82, 2.24) is 21.5 Å². The lowest BCUT2D eigenvalue weighted by Crippen LogP contribution is -2.52. The molecule has 0 bridgehead atoms. The molecule has 4 N–H and O–H groups in total. The number of rotatable bonds is 5. The highest BCUT2D eigenvalue weighted by molar-refractivity contribution is 6.21. The molecule has 6 nitrogen and oxygen atoms in total. The summed E-state index contributed by atoms with van der Waals surface area (Å²) in [5, 5.41) is 5.63. The Balaban J connectivity index is 1.37. The van der Waals surface area contributed by atoms with E-state index in [4.69, 9.17) is 34.8 Å². The van der Waals surface area contributed by atoms with Gasteiger partial charge in [0.15, 0.2) is 5.96 Å². The molecule has 0 spiro atoms. The number of guanidine groups is 1. The van der Waals surface area contributed by atoms with Crippen LogP contribution in [0.4, 0.5) is 8.78 Å². The summed E-state index contributed by atoms with van der Waals surface area (Å²) in [5.41, 5.74) is 6.66. The van der Waals surface area contributed by atoms with Gasteiger partial charge in [-0.05, 0) is 76.0 Å². The minimum absolute atomic E-state index is 0.0459. The molecule has 0 aromatic carbocycles. The number of hydrogen-bond donors (Lipinski definition) is 4. The summed E-state index contributed by atoms with van der Waals surface area (Å²) in [5.74, 6) is 0.200. The van der Waals surface area contributed by atoms with Crippen molar-refractivity contribution in [2.45, 2.75) is 111 Å². The summed E-state index contributed by atoms with van der Waals surface area (Å²) < 4.78 is 27.8. The Morgan fingerprint density at radius 1 is 0.914 bits per heavy atom. The highest BCUT2D eigenvalue weighted by Crippen LogP contribution is 2.33. The fraction of sp³-hybridized carbons (Fsp3) is 0.917. The van der Waals surface area contributed by atoms with Gasteiger partial charge >= 0.3 is 0 Å².